The first-order valence-corrected chi connectivity index (χ1v) is 13.6. The summed E-state index contributed by atoms with van der Waals surface area (Å²) >= 11 is 5.30. The molecule has 0 unspecified atom stereocenters. The second-order valence-electron chi connectivity index (χ2n) is 10.0. The van der Waals surface area contributed by atoms with E-state index >= 15 is 0 Å². The molecule has 4 aromatic rings. The largest absolute Gasteiger partial charge is 0.462 e. The van der Waals surface area contributed by atoms with Gasteiger partial charge in [-0.2, -0.15) is 0 Å². The number of hydrogen-bond donors (Lipinski definition) is 2. The van der Waals surface area contributed by atoms with E-state index in [9.17, 15) is 9.59 Å². The van der Waals surface area contributed by atoms with Crippen LogP contribution in [-0.4, -0.2) is 40.1 Å². The Hall–Kier alpha value is -4.05. The molecule has 204 valence electrons. The molecule has 3 aromatic carbocycles. The lowest BCUT2D eigenvalue weighted by molar-refractivity contribution is -0.0886. The molecule has 2 aliphatic heterocycles. The summed E-state index contributed by atoms with van der Waals surface area (Å²) in [6.07, 6.45) is -0.269. The minimum atomic E-state index is -0.926. The van der Waals surface area contributed by atoms with Crippen molar-refractivity contribution < 1.29 is 14.2 Å². The zero-order valence-electron chi connectivity index (χ0n) is 21.9. The summed E-state index contributed by atoms with van der Waals surface area (Å²) in [6, 6.07) is 30.3. The van der Waals surface area contributed by atoms with E-state index in [-0.39, 0.29) is 17.7 Å². The lowest BCUT2D eigenvalue weighted by Crippen LogP contribution is -2.49. The fourth-order valence-corrected chi connectivity index (χ4v) is 5.87. The van der Waals surface area contributed by atoms with Crippen molar-refractivity contribution in [1.29, 1.82) is 0 Å². The first-order valence-electron chi connectivity index (χ1n) is 13.2. The summed E-state index contributed by atoms with van der Waals surface area (Å²) in [5, 5.41) is 3.36. The molecule has 2 aliphatic rings. The zero-order valence-corrected chi connectivity index (χ0v) is 22.7. The average Bonchev–Trinajstić information content (AvgIpc) is 3.34. The molecule has 2 fully saturated rings. The number of hydrogen-bond acceptors (Lipinski definition) is 6. The predicted octanol–water partition coefficient (Wildman–Crippen LogP) is 3.64. The van der Waals surface area contributed by atoms with Crippen molar-refractivity contribution >= 4 is 17.4 Å². The van der Waals surface area contributed by atoms with Gasteiger partial charge in [-0.05, 0) is 35.8 Å². The molecule has 0 bridgehead atoms. The maximum atomic E-state index is 12.8. The van der Waals surface area contributed by atoms with Gasteiger partial charge in [0.15, 0.2) is 12.3 Å². The number of ether oxygens (including phenoxy) is 3. The molecule has 0 radical (unpaired) electrons. The highest BCUT2D eigenvalue weighted by Gasteiger charge is 2.51. The summed E-state index contributed by atoms with van der Waals surface area (Å²) in [6.45, 7) is 2.34. The van der Waals surface area contributed by atoms with Crippen molar-refractivity contribution in [3.8, 4) is 0 Å². The SMILES string of the molecule is Cc1cn([C@@H]2O[C@H](COC(c3ccccc3)(c3ccccc3)c3ccccc3)[C@H]3CNC(=S)O[C@H]32)c(=O)[nH]c1=O. The number of H-pyrrole nitrogens is 1. The third-order valence-electron chi connectivity index (χ3n) is 7.65. The van der Waals surface area contributed by atoms with Gasteiger partial charge in [-0.3, -0.25) is 14.3 Å². The molecule has 0 amide bonds. The maximum Gasteiger partial charge on any atom is 0.330 e. The Morgan fingerprint density at radius 3 is 2.02 bits per heavy atom. The molecule has 8 nitrogen and oxygen atoms in total. The van der Waals surface area contributed by atoms with Crippen molar-refractivity contribution in [2.24, 2.45) is 5.92 Å². The first kappa shape index (κ1) is 26.2. The third-order valence-corrected chi connectivity index (χ3v) is 7.89. The van der Waals surface area contributed by atoms with Crippen LogP contribution in [0.15, 0.2) is 107 Å². The number of thiocarbonyl (C=S) groups is 1. The number of benzene rings is 3. The lowest BCUT2D eigenvalue weighted by Gasteiger charge is -2.37. The lowest BCUT2D eigenvalue weighted by atomic mass is 9.80. The number of nitrogens with one attached hydrogen (secondary N) is 2. The van der Waals surface area contributed by atoms with Gasteiger partial charge in [-0.25, -0.2) is 4.79 Å². The molecule has 2 N–H and O–H groups in total. The summed E-state index contributed by atoms with van der Waals surface area (Å²) in [4.78, 5) is 27.2. The van der Waals surface area contributed by atoms with Crippen molar-refractivity contribution in [2.75, 3.05) is 13.2 Å². The van der Waals surface area contributed by atoms with Crippen LogP contribution >= 0.6 is 12.2 Å². The van der Waals surface area contributed by atoms with E-state index in [2.05, 4.69) is 46.7 Å². The standard InChI is InChI=1S/C31H29N3O5S/c1-20-18-34(29(36)33-27(20)35)28-26-24(17-32-30(40)39-26)25(38-28)19-37-31(21-11-5-2-6-12-21,22-13-7-3-8-14-22)23-15-9-4-10-16-23/h2-16,18,24-26,28H,17,19H2,1H3,(H,32,40)(H,33,35,36)/t24-,25-,26-,28-/m1/s1. The van der Waals surface area contributed by atoms with Crippen LogP contribution in [0.2, 0.25) is 0 Å². The molecule has 6 rings (SSSR count). The Morgan fingerprint density at radius 2 is 1.48 bits per heavy atom. The molecule has 1 aromatic heterocycles. The number of aryl methyl sites for hydroxylation is 1. The monoisotopic (exact) mass is 555 g/mol. The summed E-state index contributed by atoms with van der Waals surface area (Å²) in [5.74, 6) is -0.171. The van der Waals surface area contributed by atoms with Crippen LogP contribution in [0, 0.1) is 12.8 Å². The van der Waals surface area contributed by atoms with Crippen LogP contribution in [0.4, 0.5) is 0 Å². The summed E-state index contributed by atoms with van der Waals surface area (Å²) in [5.41, 5.74) is 1.40. The molecule has 9 heteroatoms. The Labute approximate surface area is 236 Å². The molecule has 3 heterocycles. The second-order valence-corrected chi connectivity index (χ2v) is 10.4. The van der Waals surface area contributed by atoms with E-state index < -0.39 is 35.3 Å². The quantitative estimate of drug-likeness (QED) is 0.266. The molecule has 2 saturated heterocycles. The van der Waals surface area contributed by atoms with E-state index in [1.807, 2.05) is 54.6 Å². The predicted molar refractivity (Wildman–Crippen MR) is 154 cm³/mol. The molecule has 0 saturated carbocycles. The molecule has 40 heavy (non-hydrogen) atoms. The van der Waals surface area contributed by atoms with E-state index in [1.54, 1.807) is 6.92 Å². The van der Waals surface area contributed by atoms with Gasteiger partial charge in [0.1, 0.15) is 5.60 Å². The number of fused-ring (bicyclic) bond motifs is 1. The van der Waals surface area contributed by atoms with Gasteiger partial charge >= 0.3 is 5.69 Å². The Morgan fingerprint density at radius 1 is 0.925 bits per heavy atom. The first-order chi connectivity index (χ1) is 19.5. The van der Waals surface area contributed by atoms with E-state index in [0.29, 0.717) is 12.1 Å². The molecule has 0 spiro atoms. The molecular formula is C31H29N3O5S. The van der Waals surface area contributed by atoms with E-state index in [4.69, 9.17) is 26.4 Å². The summed E-state index contributed by atoms with van der Waals surface area (Å²) in [7, 11) is 0. The topological polar surface area (TPSA) is 94.6 Å². The minimum absolute atomic E-state index is 0.171. The van der Waals surface area contributed by atoms with Crippen LogP contribution in [-0.2, 0) is 19.8 Å². The fraction of sp³-hybridized carbons (Fsp3) is 0.258. The highest BCUT2D eigenvalue weighted by Crippen LogP contribution is 2.43. The van der Waals surface area contributed by atoms with E-state index in [1.165, 1.54) is 10.8 Å². The highest BCUT2D eigenvalue weighted by molar-refractivity contribution is 7.80. The van der Waals surface area contributed by atoms with Gasteiger partial charge in [0, 0.05) is 24.2 Å². The van der Waals surface area contributed by atoms with Crippen molar-refractivity contribution in [3.05, 3.63) is 140 Å². The minimum Gasteiger partial charge on any atom is -0.462 e. The number of aromatic nitrogens is 2. The van der Waals surface area contributed by atoms with Crippen molar-refractivity contribution in [3.63, 3.8) is 0 Å². The zero-order chi connectivity index (χ0) is 27.7. The van der Waals surface area contributed by atoms with Gasteiger partial charge in [-0.1, -0.05) is 91.0 Å². The Kier molecular flexibility index (Phi) is 7.10. The number of rotatable bonds is 7. The Balaban J connectivity index is 1.40. The van der Waals surface area contributed by atoms with Crippen LogP contribution in [0.3, 0.4) is 0 Å². The van der Waals surface area contributed by atoms with E-state index in [0.717, 1.165) is 16.7 Å². The van der Waals surface area contributed by atoms with Crippen LogP contribution in [0.1, 0.15) is 28.5 Å². The smallest absolute Gasteiger partial charge is 0.330 e. The average molecular weight is 556 g/mol. The van der Waals surface area contributed by atoms with Gasteiger partial charge in [-0.15, -0.1) is 0 Å². The van der Waals surface area contributed by atoms with Gasteiger partial charge in [0.25, 0.3) is 10.7 Å². The molecular weight excluding hydrogens is 526 g/mol. The highest BCUT2D eigenvalue weighted by atomic mass is 32.1. The van der Waals surface area contributed by atoms with Crippen LogP contribution in [0.5, 0.6) is 0 Å². The normalized spacial score (nSPS) is 22.3. The molecule has 0 aliphatic carbocycles. The number of nitrogens with zero attached hydrogens (tertiary/aromatic N) is 1. The third kappa shape index (κ3) is 4.66. The summed E-state index contributed by atoms with van der Waals surface area (Å²) < 4.78 is 20.9. The maximum absolute atomic E-state index is 12.8. The Bertz CT molecular complexity index is 1510. The van der Waals surface area contributed by atoms with Gasteiger partial charge in [0.2, 0.25) is 0 Å². The van der Waals surface area contributed by atoms with Crippen LogP contribution < -0.4 is 16.6 Å². The fourth-order valence-electron chi connectivity index (χ4n) is 5.68. The van der Waals surface area contributed by atoms with Crippen molar-refractivity contribution in [1.82, 2.24) is 14.9 Å². The van der Waals surface area contributed by atoms with Gasteiger partial charge < -0.3 is 19.5 Å². The van der Waals surface area contributed by atoms with Gasteiger partial charge in [0.05, 0.1) is 12.7 Å². The van der Waals surface area contributed by atoms with Crippen molar-refractivity contribution in [2.45, 2.75) is 31.0 Å². The molecule has 4 atom stereocenters. The second kappa shape index (κ2) is 10.8. The van der Waals surface area contributed by atoms with Crippen LogP contribution in [0.25, 0.3) is 0 Å². The number of aromatic amines is 1.